The van der Waals surface area contributed by atoms with Gasteiger partial charge in [-0.2, -0.15) is 4.39 Å². The van der Waals surface area contributed by atoms with Crippen LogP contribution in [0.25, 0.3) is 22.3 Å². The van der Waals surface area contributed by atoms with Crippen LogP contribution in [-0.4, -0.2) is 7.11 Å². The first-order valence-corrected chi connectivity index (χ1v) is 11.4. The Morgan fingerprint density at radius 1 is 0.781 bits per heavy atom. The molecule has 0 radical (unpaired) electrons. The molecule has 1 saturated carbocycles. The summed E-state index contributed by atoms with van der Waals surface area (Å²) in [6, 6.07) is 15.4. The van der Waals surface area contributed by atoms with Crippen molar-refractivity contribution in [2.24, 2.45) is 5.92 Å². The molecule has 3 aromatic carbocycles. The highest BCUT2D eigenvalue weighted by Crippen LogP contribution is 2.39. The van der Waals surface area contributed by atoms with E-state index in [-0.39, 0.29) is 17.1 Å². The maximum Gasteiger partial charge on any atom is 0.201 e. The van der Waals surface area contributed by atoms with Gasteiger partial charge in [-0.1, -0.05) is 56.2 Å². The summed E-state index contributed by atoms with van der Waals surface area (Å²) in [5.41, 5.74) is 3.14. The molecule has 1 aliphatic carbocycles. The number of benzene rings is 3. The van der Waals surface area contributed by atoms with Crippen LogP contribution >= 0.6 is 0 Å². The Hall–Kier alpha value is -2.75. The van der Waals surface area contributed by atoms with Crippen molar-refractivity contribution in [1.82, 2.24) is 0 Å². The van der Waals surface area contributed by atoms with Gasteiger partial charge in [-0.05, 0) is 78.0 Å². The Balaban J connectivity index is 1.52. The summed E-state index contributed by atoms with van der Waals surface area (Å²) in [7, 11) is 1.30. The van der Waals surface area contributed by atoms with Gasteiger partial charge in [0.15, 0.2) is 11.6 Å². The molecule has 0 heterocycles. The van der Waals surface area contributed by atoms with Crippen LogP contribution in [0.5, 0.6) is 5.75 Å². The Labute approximate surface area is 188 Å². The molecule has 4 heteroatoms. The fourth-order valence-corrected chi connectivity index (χ4v) is 4.96. The third kappa shape index (κ3) is 4.55. The van der Waals surface area contributed by atoms with Crippen LogP contribution in [0.1, 0.15) is 56.9 Å². The zero-order valence-electron chi connectivity index (χ0n) is 18.6. The highest BCUT2D eigenvalue weighted by Gasteiger charge is 2.24. The lowest BCUT2D eigenvalue weighted by atomic mass is 9.77. The standard InChI is InChI=1S/C28H29F3O/c1-3-4-18-5-7-20(8-6-18)23-14-13-22(17-25(23)29)19-9-11-21(12-10-19)24-15-16-26(32-2)28(31)27(24)30/h9-18,20H,3-8H2,1-2H3. The van der Waals surface area contributed by atoms with Gasteiger partial charge in [-0.25, -0.2) is 8.78 Å². The van der Waals surface area contributed by atoms with E-state index in [0.717, 1.165) is 35.4 Å². The molecule has 0 N–H and O–H groups in total. The van der Waals surface area contributed by atoms with Crippen molar-refractivity contribution < 1.29 is 17.9 Å². The van der Waals surface area contributed by atoms with E-state index < -0.39 is 11.6 Å². The first-order valence-electron chi connectivity index (χ1n) is 11.4. The van der Waals surface area contributed by atoms with Crippen molar-refractivity contribution in [1.29, 1.82) is 0 Å². The van der Waals surface area contributed by atoms with E-state index in [4.69, 9.17) is 4.74 Å². The molecule has 32 heavy (non-hydrogen) atoms. The van der Waals surface area contributed by atoms with Crippen LogP contribution in [0.2, 0.25) is 0 Å². The zero-order valence-corrected chi connectivity index (χ0v) is 18.6. The second-order valence-corrected chi connectivity index (χ2v) is 8.76. The lowest BCUT2D eigenvalue weighted by Crippen LogP contribution is -2.14. The van der Waals surface area contributed by atoms with Crippen molar-refractivity contribution in [2.75, 3.05) is 7.11 Å². The van der Waals surface area contributed by atoms with E-state index in [1.165, 1.54) is 44.9 Å². The molecular weight excluding hydrogens is 409 g/mol. The van der Waals surface area contributed by atoms with Gasteiger partial charge < -0.3 is 4.74 Å². The van der Waals surface area contributed by atoms with Gasteiger partial charge in [0, 0.05) is 5.56 Å². The molecule has 0 aromatic heterocycles. The molecular formula is C28H29F3O. The SMILES string of the molecule is CCCC1CCC(c2ccc(-c3ccc(-c4ccc(OC)c(F)c4F)cc3)cc2F)CC1. The largest absolute Gasteiger partial charge is 0.494 e. The summed E-state index contributed by atoms with van der Waals surface area (Å²) in [6.07, 6.45) is 6.97. The van der Waals surface area contributed by atoms with Gasteiger partial charge >= 0.3 is 0 Å². The summed E-state index contributed by atoms with van der Waals surface area (Å²) in [5.74, 6) is -1.14. The molecule has 0 saturated heterocycles. The third-order valence-electron chi connectivity index (χ3n) is 6.78. The van der Waals surface area contributed by atoms with Gasteiger partial charge in [0.05, 0.1) is 7.11 Å². The van der Waals surface area contributed by atoms with Crippen LogP contribution in [0.15, 0.2) is 54.6 Å². The maximum absolute atomic E-state index is 15.0. The minimum Gasteiger partial charge on any atom is -0.494 e. The van der Waals surface area contributed by atoms with Gasteiger partial charge in [-0.3, -0.25) is 0 Å². The zero-order chi connectivity index (χ0) is 22.7. The number of ether oxygens (including phenoxy) is 1. The molecule has 1 nitrogen and oxygen atoms in total. The van der Waals surface area contributed by atoms with Crippen molar-refractivity contribution in [3.63, 3.8) is 0 Å². The predicted octanol–water partition coefficient (Wildman–Crippen LogP) is 8.52. The monoisotopic (exact) mass is 438 g/mol. The highest BCUT2D eigenvalue weighted by molar-refractivity contribution is 5.71. The lowest BCUT2D eigenvalue weighted by Gasteiger charge is -2.29. The Morgan fingerprint density at radius 3 is 2.06 bits per heavy atom. The normalized spacial score (nSPS) is 18.5. The van der Waals surface area contributed by atoms with Crippen LogP contribution < -0.4 is 4.74 Å². The van der Waals surface area contributed by atoms with E-state index in [2.05, 4.69) is 6.92 Å². The Bertz CT molecular complexity index is 1070. The first kappa shape index (κ1) is 22.4. The van der Waals surface area contributed by atoms with Crippen molar-refractivity contribution in [3.8, 4) is 28.0 Å². The average molecular weight is 439 g/mol. The molecule has 168 valence electrons. The maximum atomic E-state index is 15.0. The summed E-state index contributed by atoms with van der Waals surface area (Å²) < 4.78 is 48.2. The Morgan fingerprint density at radius 2 is 1.44 bits per heavy atom. The van der Waals surface area contributed by atoms with Crippen molar-refractivity contribution >= 4 is 0 Å². The molecule has 1 aliphatic rings. The Kier molecular flexibility index (Phi) is 6.88. The average Bonchev–Trinajstić information content (AvgIpc) is 2.82. The van der Waals surface area contributed by atoms with E-state index in [0.29, 0.717) is 11.5 Å². The van der Waals surface area contributed by atoms with E-state index >= 15 is 0 Å². The minimum atomic E-state index is -1.00. The van der Waals surface area contributed by atoms with Crippen LogP contribution in [-0.2, 0) is 0 Å². The summed E-state index contributed by atoms with van der Waals surface area (Å²) in [4.78, 5) is 0. The molecule has 3 aromatic rings. The number of halogens is 3. The van der Waals surface area contributed by atoms with Crippen molar-refractivity contribution in [3.05, 3.63) is 77.6 Å². The minimum absolute atomic E-state index is 0.128. The fourth-order valence-electron chi connectivity index (χ4n) is 4.96. The topological polar surface area (TPSA) is 9.23 Å². The van der Waals surface area contributed by atoms with Crippen LogP contribution in [0, 0.1) is 23.4 Å². The lowest BCUT2D eigenvalue weighted by molar-refractivity contribution is 0.304. The molecule has 0 spiro atoms. The first-order chi connectivity index (χ1) is 15.5. The van der Waals surface area contributed by atoms with Crippen molar-refractivity contribution in [2.45, 2.75) is 51.4 Å². The molecule has 0 atom stereocenters. The summed E-state index contributed by atoms with van der Waals surface area (Å²) in [6.45, 7) is 2.22. The molecule has 0 bridgehead atoms. The number of hydrogen-bond acceptors (Lipinski definition) is 1. The molecule has 0 aliphatic heterocycles. The number of hydrogen-bond donors (Lipinski definition) is 0. The second kappa shape index (κ2) is 9.81. The summed E-state index contributed by atoms with van der Waals surface area (Å²) >= 11 is 0. The summed E-state index contributed by atoms with van der Waals surface area (Å²) in [5, 5.41) is 0. The highest BCUT2D eigenvalue weighted by atomic mass is 19.2. The quantitative estimate of drug-likeness (QED) is 0.375. The third-order valence-corrected chi connectivity index (χ3v) is 6.78. The molecule has 0 amide bonds. The predicted molar refractivity (Wildman–Crippen MR) is 123 cm³/mol. The van der Waals surface area contributed by atoms with E-state index in [1.807, 2.05) is 12.1 Å². The number of rotatable bonds is 6. The second-order valence-electron chi connectivity index (χ2n) is 8.76. The van der Waals surface area contributed by atoms with Gasteiger partial charge in [0.2, 0.25) is 5.82 Å². The van der Waals surface area contributed by atoms with Gasteiger partial charge in [0.1, 0.15) is 5.82 Å². The molecule has 1 fully saturated rings. The van der Waals surface area contributed by atoms with E-state index in [1.54, 1.807) is 30.3 Å². The fraction of sp³-hybridized carbons (Fsp3) is 0.357. The van der Waals surface area contributed by atoms with E-state index in [9.17, 15) is 13.2 Å². The van der Waals surface area contributed by atoms with Gasteiger partial charge in [0.25, 0.3) is 0 Å². The molecule has 4 rings (SSSR count). The van der Waals surface area contributed by atoms with Crippen LogP contribution in [0.3, 0.4) is 0 Å². The smallest absolute Gasteiger partial charge is 0.201 e. The van der Waals surface area contributed by atoms with Gasteiger partial charge in [-0.15, -0.1) is 0 Å². The number of methoxy groups -OCH3 is 1. The van der Waals surface area contributed by atoms with Crippen LogP contribution in [0.4, 0.5) is 13.2 Å². The molecule has 0 unspecified atom stereocenters.